The Balaban J connectivity index is 1.83. The van der Waals surface area contributed by atoms with Crippen molar-refractivity contribution < 1.29 is 23.4 Å². The molecule has 2 aromatic rings. The Hall–Kier alpha value is -2.74. The molecular formula is C21H29N3O5. The highest BCUT2D eigenvalue weighted by Crippen LogP contribution is 2.39. The SMILES string of the molecule is COc1cc(C(=O)N2CCc3oc(C(C)C)nc3C2)cc(OC)c1OCCCN. The third kappa shape index (κ3) is 4.48. The summed E-state index contributed by atoms with van der Waals surface area (Å²) in [5, 5.41) is 0. The Morgan fingerprint density at radius 1 is 1.28 bits per heavy atom. The van der Waals surface area contributed by atoms with Gasteiger partial charge in [0.2, 0.25) is 5.75 Å². The van der Waals surface area contributed by atoms with Crippen molar-refractivity contribution in [1.29, 1.82) is 0 Å². The Labute approximate surface area is 170 Å². The van der Waals surface area contributed by atoms with Gasteiger partial charge >= 0.3 is 0 Å². The van der Waals surface area contributed by atoms with Gasteiger partial charge in [-0.25, -0.2) is 4.98 Å². The van der Waals surface area contributed by atoms with Crippen LogP contribution in [0.25, 0.3) is 0 Å². The maximum absolute atomic E-state index is 13.2. The lowest BCUT2D eigenvalue weighted by molar-refractivity contribution is 0.0727. The molecule has 0 atom stereocenters. The van der Waals surface area contributed by atoms with E-state index in [0.29, 0.717) is 67.8 Å². The molecule has 8 nitrogen and oxygen atoms in total. The zero-order chi connectivity index (χ0) is 21.0. The van der Waals surface area contributed by atoms with Crippen LogP contribution < -0.4 is 19.9 Å². The molecule has 0 saturated heterocycles. The smallest absolute Gasteiger partial charge is 0.254 e. The molecule has 8 heteroatoms. The molecule has 0 unspecified atom stereocenters. The molecule has 1 aliphatic rings. The molecule has 1 aliphatic heterocycles. The highest BCUT2D eigenvalue weighted by molar-refractivity contribution is 5.95. The fraction of sp³-hybridized carbons (Fsp3) is 0.524. The number of rotatable bonds is 8. The number of nitrogens with two attached hydrogens (primary N) is 1. The van der Waals surface area contributed by atoms with E-state index in [4.69, 9.17) is 24.4 Å². The summed E-state index contributed by atoms with van der Waals surface area (Å²) in [6, 6.07) is 3.36. The van der Waals surface area contributed by atoms with Gasteiger partial charge in [-0.1, -0.05) is 13.8 Å². The normalized spacial score (nSPS) is 13.4. The maximum atomic E-state index is 13.2. The Morgan fingerprint density at radius 3 is 2.55 bits per heavy atom. The van der Waals surface area contributed by atoms with E-state index in [1.54, 1.807) is 17.0 Å². The maximum Gasteiger partial charge on any atom is 0.254 e. The number of ether oxygens (including phenoxy) is 3. The highest BCUT2D eigenvalue weighted by Gasteiger charge is 2.28. The standard InChI is InChI=1S/C21H29N3O5/c1-13(2)20-23-15-12-24(8-6-16(15)29-20)21(25)14-10-17(26-3)19(18(11-14)27-4)28-9-5-7-22/h10-11,13H,5-9,12,22H2,1-4H3. The zero-order valence-corrected chi connectivity index (χ0v) is 17.5. The van der Waals surface area contributed by atoms with Crippen LogP contribution >= 0.6 is 0 Å². The van der Waals surface area contributed by atoms with Crippen molar-refractivity contribution in [3.05, 3.63) is 35.0 Å². The first-order chi connectivity index (χ1) is 14.0. The van der Waals surface area contributed by atoms with Gasteiger partial charge in [0.1, 0.15) is 11.5 Å². The lowest BCUT2D eigenvalue weighted by atomic mass is 10.1. The first-order valence-electron chi connectivity index (χ1n) is 9.85. The molecule has 1 amide bonds. The van der Waals surface area contributed by atoms with Crippen LogP contribution in [-0.2, 0) is 13.0 Å². The van der Waals surface area contributed by atoms with Gasteiger partial charge in [0.15, 0.2) is 17.4 Å². The van der Waals surface area contributed by atoms with Crippen molar-refractivity contribution in [3.8, 4) is 17.2 Å². The summed E-state index contributed by atoms with van der Waals surface area (Å²) in [5.41, 5.74) is 6.83. The van der Waals surface area contributed by atoms with Gasteiger partial charge < -0.3 is 29.3 Å². The number of hydrogen-bond acceptors (Lipinski definition) is 7. The van der Waals surface area contributed by atoms with E-state index in [-0.39, 0.29) is 11.8 Å². The average Bonchev–Trinajstić information content (AvgIpc) is 3.17. The third-order valence-corrected chi connectivity index (χ3v) is 4.83. The molecule has 0 saturated carbocycles. The molecule has 0 spiro atoms. The number of hydrogen-bond donors (Lipinski definition) is 1. The fourth-order valence-electron chi connectivity index (χ4n) is 3.22. The van der Waals surface area contributed by atoms with Crippen LogP contribution in [0, 0.1) is 0 Å². The third-order valence-electron chi connectivity index (χ3n) is 4.83. The van der Waals surface area contributed by atoms with Crippen molar-refractivity contribution >= 4 is 5.91 Å². The summed E-state index contributed by atoms with van der Waals surface area (Å²) in [6.45, 7) is 6.03. The number of nitrogens with zero attached hydrogens (tertiary/aromatic N) is 2. The van der Waals surface area contributed by atoms with Crippen LogP contribution in [0.15, 0.2) is 16.5 Å². The quantitative estimate of drug-likeness (QED) is 0.677. The number of methoxy groups -OCH3 is 2. The van der Waals surface area contributed by atoms with Crippen LogP contribution in [0.3, 0.4) is 0 Å². The van der Waals surface area contributed by atoms with E-state index >= 15 is 0 Å². The predicted molar refractivity (Wildman–Crippen MR) is 108 cm³/mol. The fourth-order valence-corrected chi connectivity index (χ4v) is 3.22. The van der Waals surface area contributed by atoms with E-state index in [1.165, 1.54) is 14.2 Å². The molecule has 1 aromatic carbocycles. The predicted octanol–water partition coefficient (Wildman–Crippen LogP) is 2.74. The van der Waals surface area contributed by atoms with Crippen molar-refractivity contribution in [2.75, 3.05) is 33.9 Å². The molecule has 0 radical (unpaired) electrons. The molecule has 158 valence electrons. The van der Waals surface area contributed by atoms with Gasteiger partial charge in [-0.15, -0.1) is 0 Å². The lowest BCUT2D eigenvalue weighted by Gasteiger charge is -2.26. The number of oxazole rings is 1. The molecule has 29 heavy (non-hydrogen) atoms. The zero-order valence-electron chi connectivity index (χ0n) is 17.5. The van der Waals surface area contributed by atoms with Crippen LogP contribution in [0.2, 0.25) is 0 Å². The van der Waals surface area contributed by atoms with E-state index in [9.17, 15) is 4.79 Å². The number of amides is 1. The first-order valence-corrected chi connectivity index (χ1v) is 9.85. The van der Waals surface area contributed by atoms with Gasteiger partial charge in [-0.2, -0.15) is 0 Å². The molecule has 2 N–H and O–H groups in total. The number of carbonyl (C=O) groups is 1. The second kappa shape index (κ2) is 9.17. The summed E-state index contributed by atoms with van der Waals surface area (Å²) in [5.74, 6) is 3.05. The van der Waals surface area contributed by atoms with Crippen molar-refractivity contribution in [3.63, 3.8) is 0 Å². The summed E-state index contributed by atoms with van der Waals surface area (Å²) in [4.78, 5) is 19.5. The molecule has 0 aliphatic carbocycles. The van der Waals surface area contributed by atoms with E-state index < -0.39 is 0 Å². The topological polar surface area (TPSA) is 100 Å². The van der Waals surface area contributed by atoms with E-state index in [1.807, 2.05) is 13.8 Å². The van der Waals surface area contributed by atoms with Crippen LogP contribution in [-0.4, -0.2) is 49.7 Å². The molecule has 2 heterocycles. The monoisotopic (exact) mass is 403 g/mol. The minimum Gasteiger partial charge on any atom is -0.493 e. The minimum atomic E-state index is -0.116. The number of benzene rings is 1. The Bertz CT molecular complexity index is 837. The summed E-state index contributed by atoms with van der Waals surface area (Å²) in [6.07, 6.45) is 1.36. The van der Waals surface area contributed by atoms with Gasteiger partial charge in [0, 0.05) is 24.4 Å². The summed E-state index contributed by atoms with van der Waals surface area (Å²) >= 11 is 0. The number of fused-ring (bicyclic) bond motifs is 1. The Morgan fingerprint density at radius 2 is 1.97 bits per heavy atom. The highest BCUT2D eigenvalue weighted by atomic mass is 16.5. The first kappa shape index (κ1) is 21.0. The lowest BCUT2D eigenvalue weighted by Crippen LogP contribution is -2.35. The number of aromatic nitrogens is 1. The second-order valence-electron chi connectivity index (χ2n) is 7.25. The average molecular weight is 403 g/mol. The molecule has 0 fully saturated rings. The largest absolute Gasteiger partial charge is 0.493 e. The van der Waals surface area contributed by atoms with Crippen molar-refractivity contribution in [2.45, 2.75) is 39.2 Å². The Kier molecular flexibility index (Phi) is 6.64. The molecular weight excluding hydrogens is 374 g/mol. The van der Waals surface area contributed by atoms with E-state index in [0.717, 1.165) is 11.5 Å². The number of carbonyl (C=O) groups excluding carboxylic acids is 1. The van der Waals surface area contributed by atoms with Crippen molar-refractivity contribution in [1.82, 2.24) is 9.88 Å². The van der Waals surface area contributed by atoms with Gasteiger partial charge in [0.25, 0.3) is 5.91 Å². The summed E-state index contributed by atoms with van der Waals surface area (Å²) < 4.78 is 22.5. The molecule has 1 aromatic heterocycles. The molecule has 3 rings (SSSR count). The van der Waals surface area contributed by atoms with Gasteiger partial charge in [-0.3, -0.25) is 4.79 Å². The van der Waals surface area contributed by atoms with Gasteiger partial charge in [0.05, 0.1) is 27.4 Å². The summed E-state index contributed by atoms with van der Waals surface area (Å²) in [7, 11) is 3.07. The minimum absolute atomic E-state index is 0.116. The van der Waals surface area contributed by atoms with Crippen LogP contribution in [0.4, 0.5) is 0 Å². The second-order valence-corrected chi connectivity index (χ2v) is 7.25. The molecule has 0 bridgehead atoms. The van der Waals surface area contributed by atoms with Crippen LogP contribution in [0.5, 0.6) is 17.2 Å². The van der Waals surface area contributed by atoms with Crippen LogP contribution in [0.1, 0.15) is 53.9 Å². The van der Waals surface area contributed by atoms with E-state index in [2.05, 4.69) is 4.98 Å². The van der Waals surface area contributed by atoms with Gasteiger partial charge in [-0.05, 0) is 25.1 Å². The van der Waals surface area contributed by atoms with Crippen molar-refractivity contribution in [2.24, 2.45) is 5.73 Å².